The van der Waals surface area contributed by atoms with E-state index in [2.05, 4.69) is 28.9 Å². The quantitative estimate of drug-likeness (QED) is 0.847. The molecule has 0 amide bonds. The second-order valence-electron chi connectivity index (χ2n) is 3.33. The van der Waals surface area contributed by atoms with Gasteiger partial charge in [0.25, 0.3) is 0 Å². The minimum atomic E-state index is -0.556. The van der Waals surface area contributed by atoms with Gasteiger partial charge in [0.15, 0.2) is 0 Å². The number of rotatable bonds is 3. The normalized spacial score (nSPS) is 13.0. The van der Waals surface area contributed by atoms with Crippen molar-refractivity contribution in [2.24, 2.45) is 0 Å². The van der Waals surface area contributed by atoms with Gasteiger partial charge in [-0.3, -0.25) is 0 Å². The van der Waals surface area contributed by atoms with Gasteiger partial charge < -0.3 is 5.11 Å². The molecule has 1 unspecified atom stereocenters. The monoisotopic (exact) mass is 336 g/mol. The molecule has 1 nitrogen and oxygen atoms in total. The van der Waals surface area contributed by atoms with Gasteiger partial charge in [-0.25, -0.2) is 0 Å². The van der Waals surface area contributed by atoms with Crippen LogP contribution in [0.5, 0.6) is 0 Å². The summed E-state index contributed by atoms with van der Waals surface area (Å²) in [4.78, 5) is 3.14. The van der Waals surface area contributed by atoms with Crippen molar-refractivity contribution in [3.8, 4) is 0 Å². The summed E-state index contributed by atoms with van der Waals surface area (Å²) in [7, 11) is 0. The molecule has 0 aliphatic carbocycles. The first kappa shape index (κ1) is 12.6. The van der Waals surface area contributed by atoms with Crippen LogP contribution in [-0.2, 0) is 6.42 Å². The molecule has 2 aromatic heterocycles. The molecule has 0 saturated carbocycles. The second kappa shape index (κ2) is 5.19. The summed E-state index contributed by atoms with van der Waals surface area (Å²) in [5.74, 6) is 0. The molecule has 86 valence electrons. The number of halogens is 2. The Morgan fingerprint density at radius 1 is 1.38 bits per heavy atom. The lowest BCUT2D eigenvalue weighted by molar-refractivity contribution is 0.228. The van der Waals surface area contributed by atoms with Gasteiger partial charge >= 0.3 is 0 Å². The predicted octanol–water partition coefficient (Wildman–Crippen LogP) is 4.87. The minimum absolute atomic E-state index is 0.556. The first-order valence-electron chi connectivity index (χ1n) is 4.83. The molecule has 0 aliphatic heterocycles. The number of hydrogen-bond acceptors (Lipinski definition) is 3. The lowest BCUT2D eigenvalue weighted by atomic mass is 10.2. The molecule has 0 fully saturated rings. The summed E-state index contributed by atoms with van der Waals surface area (Å²) in [5, 5.41) is 10.2. The average Bonchev–Trinajstić information content (AvgIpc) is 2.86. The van der Waals surface area contributed by atoms with E-state index in [0.717, 1.165) is 20.6 Å². The highest BCUT2D eigenvalue weighted by molar-refractivity contribution is 9.10. The Labute approximate surface area is 116 Å². The molecule has 0 aliphatic rings. The van der Waals surface area contributed by atoms with Crippen molar-refractivity contribution in [3.63, 3.8) is 0 Å². The van der Waals surface area contributed by atoms with Gasteiger partial charge in [0.2, 0.25) is 0 Å². The SMILES string of the molecule is CCc1ccc(C(O)c2cc(Br)c(Cl)s2)s1. The van der Waals surface area contributed by atoms with Crippen molar-refractivity contribution in [2.45, 2.75) is 19.4 Å². The van der Waals surface area contributed by atoms with Crippen LogP contribution in [0.3, 0.4) is 0 Å². The molecular weight excluding hydrogens is 328 g/mol. The predicted molar refractivity (Wildman–Crippen MR) is 74.8 cm³/mol. The summed E-state index contributed by atoms with van der Waals surface area (Å²) in [6.45, 7) is 2.11. The van der Waals surface area contributed by atoms with Crippen LogP contribution < -0.4 is 0 Å². The fourth-order valence-corrected chi connectivity index (χ4v) is 4.14. The Balaban J connectivity index is 2.27. The smallest absolute Gasteiger partial charge is 0.122 e. The van der Waals surface area contributed by atoms with Crippen LogP contribution in [-0.4, -0.2) is 5.11 Å². The Morgan fingerprint density at radius 3 is 2.62 bits per heavy atom. The zero-order valence-electron chi connectivity index (χ0n) is 8.54. The summed E-state index contributed by atoms with van der Waals surface area (Å²) in [5.41, 5.74) is 0. The molecule has 5 heteroatoms. The maximum absolute atomic E-state index is 10.2. The van der Waals surface area contributed by atoms with Crippen LogP contribution >= 0.6 is 50.2 Å². The van der Waals surface area contributed by atoms with Crippen LogP contribution in [0, 0.1) is 0 Å². The van der Waals surface area contributed by atoms with E-state index in [4.69, 9.17) is 11.6 Å². The topological polar surface area (TPSA) is 20.2 Å². The molecular formula is C11H10BrClOS2. The highest BCUT2D eigenvalue weighted by Gasteiger charge is 2.16. The van der Waals surface area contributed by atoms with Gasteiger partial charge in [-0.1, -0.05) is 18.5 Å². The van der Waals surface area contributed by atoms with Crippen molar-refractivity contribution in [1.29, 1.82) is 0 Å². The molecule has 1 N–H and O–H groups in total. The third kappa shape index (κ3) is 2.51. The Bertz CT molecular complexity index is 472. The molecule has 0 bridgehead atoms. The molecule has 0 aromatic carbocycles. The van der Waals surface area contributed by atoms with Gasteiger partial charge in [-0.05, 0) is 40.5 Å². The first-order valence-corrected chi connectivity index (χ1v) is 7.63. The Kier molecular flexibility index (Phi) is 4.08. The van der Waals surface area contributed by atoms with Gasteiger partial charge in [0.05, 0.1) is 0 Å². The molecule has 1 atom stereocenters. The highest BCUT2D eigenvalue weighted by Crippen LogP contribution is 2.38. The van der Waals surface area contributed by atoms with E-state index in [-0.39, 0.29) is 0 Å². The van der Waals surface area contributed by atoms with Crippen molar-refractivity contribution in [2.75, 3.05) is 0 Å². The van der Waals surface area contributed by atoms with Crippen LogP contribution in [0.25, 0.3) is 0 Å². The Morgan fingerprint density at radius 2 is 2.12 bits per heavy atom. The van der Waals surface area contributed by atoms with Crippen molar-refractivity contribution in [1.82, 2.24) is 0 Å². The van der Waals surface area contributed by atoms with Gasteiger partial charge in [-0.2, -0.15) is 0 Å². The molecule has 0 radical (unpaired) electrons. The number of aliphatic hydroxyl groups is 1. The van der Waals surface area contributed by atoms with E-state index in [9.17, 15) is 5.11 Å². The summed E-state index contributed by atoms with van der Waals surface area (Å²) in [6, 6.07) is 5.92. The molecule has 2 aromatic rings. The largest absolute Gasteiger partial charge is 0.382 e. The summed E-state index contributed by atoms with van der Waals surface area (Å²) in [6.07, 6.45) is 0.450. The van der Waals surface area contributed by atoms with Gasteiger partial charge in [0, 0.05) is 19.1 Å². The van der Waals surface area contributed by atoms with E-state index < -0.39 is 6.10 Å². The van der Waals surface area contributed by atoms with Crippen LogP contribution in [0.1, 0.15) is 27.7 Å². The fourth-order valence-electron chi connectivity index (χ4n) is 1.37. The van der Waals surface area contributed by atoms with Crippen molar-refractivity contribution < 1.29 is 5.11 Å². The van der Waals surface area contributed by atoms with Crippen molar-refractivity contribution in [3.05, 3.63) is 41.6 Å². The number of hydrogen-bond donors (Lipinski definition) is 1. The first-order chi connectivity index (χ1) is 7.61. The fraction of sp³-hybridized carbons (Fsp3) is 0.273. The molecule has 2 rings (SSSR count). The number of aliphatic hydroxyl groups excluding tert-OH is 1. The maximum Gasteiger partial charge on any atom is 0.122 e. The Hall–Kier alpha value is 0.130. The zero-order chi connectivity index (χ0) is 11.7. The van der Waals surface area contributed by atoms with E-state index >= 15 is 0 Å². The van der Waals surface area contributed by atoms with Crippen LogP contribution in [0.15, 0.2) is 22.7 Å². The van der Waals surface area contributed by atoms with Crippen LogP contribution in [0.4, 0.5) is 0 Å². The van der Waals surface area contributed by atoms with E-state index in [1.54, 1.807) is 11.3 Å². The third-order valence-corrected chi connectivity index (χ3v) is 6.04. The number of aryl methyl sites for hydroxylation is 1. The zero-order valence-corrected chi connectivity index (χ0v) is 12.5. The maximum atomic E-state index is 10.2. The highest BCUT2D eigenvalue weighted by atomic mass is 79.9. The van der Waals surface area contributed by atoms with Gasteiger partial charge in [-0.15, -0.1) is 22.7 Å². The molecule has 0 saturated heterocycles. The van der Waals surface area contributed by atoms with E-state index in [1.165, 1.54) is 16.2 Å². The average molecular weight is 338 g/mol. The lowest BCUT2D eigenvalue weighted by Gasteiger charge is -2.04. The molecule has 0 spiro atoms. The third-order valence-electron chi connectivity index (χ3n) is 2.23. The second-order valence-corrected chi connectivity index (χ2v) is 7.07. The number of thiophene rings is 2. The molecule has 2 heterocycles. The minimum Gasteiger partial charge on any atom is -0.382 e. The summed E-state index contributed by atoms with van der Waals surface area (Å²) >= 11 is 12.4. The lowest BCUT2D eigenvalue weighted by Crippen LogP contribution is -1.92. The van der Waals surface area contributed by atoms with E-state index in [1.807, 2.05) is 12.1 Å². The van der Waals surface area contributed by atoms with Crippen molar-refractivity contribution >= 4 is 50.2 Å². The van der Waals surface area contributed by atoms with Gasteiger partial charge in [0.1, 0.15) is 10.4 Å². The molecule has 16 heavy (non-hydrogen) atoms. The standard InChI is InChI=1S/C11H10BrClOS2/c1-2-6-3-4-8(15-6)10(14)9-5-7(12)11(13)16-9/h3-5,10,14H,2H2,1H3. The van der Waals surface area contributed by atoms with Crippen LogP contribution in [0.2, 0.25) is 4.34 Å². The summed E-state index contributed by atoms with van der Waals surface area (Å²) < 4.78 is 1.53. The van der Waals surface area contributed by atoms with E-state index in [0.29, 0.717) is 4.34 Å².